The standard InChI is InChI=1S/C22H22N4O2/c1-14(2)16-4-8-19(9-5-16)25-21(28)18-12-23-22(24-13-18)26-20-10-6-17(7-11-20)15(3)27/h4-14H,1-3H3,(H,25,28)(H,23,24,26). The molecule has 0 atom stereocenters. The second kappa shape index (κ2) is 8.43. The van der Waals surface area contributed by atoms with Crippen molar-refractivity contribution >= 4 is 29.0 Å². The second-order valence-electron chi connectivity index (χ2n) is 6.78. The van der Waals surface area contributed by atoms with Crippen LogP contribution in [0.4, 0.5) is 17.3 Å². The molecule has 1 aromatic heterocycles. The predicted molar refractivity (Wildman–Crippen MR) is 110 cm³/mol. The normalized spacial score (nSPS) is 10.6. The summed E-state index contributed by atoms with van der Waals surface area (Å²) in [5, 5.41) is 5.88. The number of amides is 1. The van der Waals surface area contributed by atoms with Crippen molar-refractivity contribution in [2.75, 3.05) is 10.6 Å². The lowest BCUT2D eigenvalue weighted by atomic mass is 10.0. The van der Waals surface area contributed by atoms with Crippen LogP contribution in [-0.2, 0) is 0 Å². The van der Waals surface area contributed by atoms with E-state index < -0.39 is 0 Å². The Balaban J connectivity index is 1.63. The molecule has 1 amide bonds. The molecule has 0 aliphatic carbocycles. The SMILES string of the molecule is CC(=O)c1ccc(Nc2ncc(C(=O)Nc3ccc(C(C)C)cc3)cn2)cc1. The zero-order chi connectivity index (χ0) is 20.1. The van der Waals surface area contributed by atoms with Crippen molar-refractivity contribution in [3.8, 4) is 0 Å². The fourth-order valence-corrected chi connectivity index (χ4v) is 2.58. The number of carbonyl (C=O) groups excluding carboxylic acids is 2. The average Bonchev–Trinajstić information content (AvgIpc) is 2.69. The van der Waals surface area contributed by atoms with E-state index >= 15 is 0 Å². The van der Waals surface area contributed by atoms with Crippen LogP contribution in [0.3, 0.4) is 0 Å². The maximum Gasteiger partial charge on any atom is 0.258 e. The second-order valence-corrected chi connectivity index (χ2v) is 6.78. The largest absolute Gasteiger partial charge is 0.324 e. The molecule has 3 aromatic rings. The fourth-order valence-electron chi connectivity index (χ4n) is 2.58. The van der Waals surface area contributed by atoms with E-state index in [1.807, 2.05) is 24.3 Å². The van der Waals surface area contributed by atoms with Crippen LogP contribution in [0.1, 0.15) is 53.0 Å². The lowest BCUT2D eigenvalue weighted by Crippen LogP contribution is -2.13. The summed E-state index contributed by atoms with van der Waals surface area (Å²) < 4.78 is 0. The van der Waals surface area contributed by atoms with Crippen LogP contribution in [0.2, 0.25) is 0 Å². The summed E-state index contributed by atoms with van der Waals surface area (Å²) in [6, 6.07) is 14.8. The van der Waals surface area contributed by atoms with Crippen LogP contribution < -0.4 is 10.6 Å². The Morgan fingerprint density at radius 1 is 0.821 bits per heavy atom. The van der Waals surface area contributed by atoms with Gasteiger partial charge in [-0.1, -0.05) is 26.0 Å². The zero-order valence-corrected chi connectivity index (χ0v) is 16.1. The summed E-state index contributed by atoms with van der Waals surface area (Å²) in [5.41, 5.74) is 3.70. The third-order valence-electron chi connectivity index (χ3n) is 4.30. The first-order chi connectivity index (χ1) is 13.4. The van der Waals surface area contributed by atoms with Crippen LogP contribution in [-0.4, -0.2) is 21.7 Å². The highest BCUT2D eigenvalue weighted by atomic mass is 16.1. The average molecular weight is 374 g/mol. The molecule has 2 aromatic carbocycles. The van der Waals surface area contributed by atoms with E-state index in [1.54, 1.807) is 24.3 Å². The number of carbonyl (C=O) groups is 2. The number of anilines is 3. The summed E-state index contributed by atoms with van der Waals surface area (Å²) in [6.07, 6.45) is 2.94. The minimum absolute atomic E-state index is 0.0111. The molecule has 0 bridgehead atoms. The topological polar surface area (TPSA) is 84.0 Å². The Morgan fingerprint density at radius 3 is 1.93 bits per heavy atom. The van der Waals surface area contributed by atoms with Crippen LogP contribution in [0.15, 0.2) is 60.9 Å². The molecule has 3 rings (SSSR count). The third kappa shape index (κ3) is 4.79. The molecule has 6 nitrogen and oxygen atoms in total. The number of hydrogen-bond acceptors (Lipinski definition) is 5. The molecule has 0 aliphatic rings. The monoisotopic (exact) mass is 374 g/mol. The number of benzene rings is 2. The van der Waals surface area contributed by atoms with E-state index in [0.717, 1.165) is 11.4 Å². The van der Waals surface area contributed by atoms with Gasteiger partial charge in [0, 0.05) is 29.3 Å². The summed E-state index contributed by atoms with van der Waals surface area (Å²) in [7, 11) is 0. The first kappa shape index (κ1) is 19.2. The van der Waals surface area contributed by atoms with E-state index in [-0.39, 0.29) is 11.7 Å². The lowest BCUT2D eigenvalue weighted by Gasteiger charge is -2.09. The summed E-state index contributed by atoms with van der Waals surface area (Å²) in [4.78, 5) is 32.0. The number of rotatable bonds is 6. The number of ketones is 1. The van der Waals surface area contributed by atoms with Gasteiger partial charge in [-0.25, -0.2) is 9.97 Å². The Labute approximate surface area is 164 Å². The molecule has 0 saturated carbocycles. The van der Waals surface area contributed by atoms with Gasteiger partial charge in [0.05, 0.1) is 5.56 Å². The van der Waals surface area contributed by atoms with Crippen molar-refractivity contribution in [1.82, 2.24) is 9.97 Å². The van der Waals surface area contributed by atoms with Gasteiger partial charge < -0.3 is 10.6 Å². The van der Waals surface area contributed by atoms with Gasteiger partial charge in [0.25, 0.3) is 5.91 Å². The first-order valence-corrected chi connectivity index (χ1v) is 9.04. The highest BCUT2D eigenvalue weighted by Gasteiger charge is 2.09. The van der Waals surface area contributed by atoms with Crippen molar-refractivity contribution < 1.29 is 9.59 Å². The van der Waals surface area contributed by atoms with E-state index in [4.69, 9.17) is 0 Å². The van der Waals surface area contributed by atoms with E-state index in [1.165, 1.54) is 24.9 Å². The van der Waals surface area contributed by atoms with Gasteiger partial charge in [-0.15, -0.1) is 0 Å². The highest BCUT2D eigenvalue weighted by Crippen LogP contribution is 2.18. The minimum Gasteiger partial charge on any atom is -0.324 e. The van der Waals surface area contributed by atoms with Crippen molar-refractivity contribution in [3.05, 3.63) is 77.6 Å². The summed E-state index contributed by atoms with van der Waals surface area (Å²) in [6.45, 7) is 5.77. The van der Waals surface area contributed by atoms with Crippen LogP contribution >= 0.6 is 0 Å². The molecule has 28 heavy (non-hydrogen) atoms. The minimum atomic E-state index is -0.269. The molecule has 0 aliphatic heterocycles. The Morgan fingerprint density at radius 2 is 1.39 bits per heavy atom. The molecule has 0 radical (unpaired) electrons. The van der Waals surface area contributed by atoms with Crippen molar-refractivity contribution in [3.63, 3.8) is 0 Å². The molecule has 2 N–H and O–H groups in total. The van der Waals surface area contributed by atoms with E-state index in [9.17, 15) is 9.59 Å². The van der Waals surface area contributed by atoms with Crippen LogP contribution in [0.25, 0.3) is 0 Å². The van der Waals surface area contributed by atoms with Gasteiger partial charge in [0.15, 0.2) is 5.78 Å². The lowest BCUT2D eigenvalue weighted by molar-refractivity contribution is 0.101. The van der Waals surface area contributed by atoms with Crippen molar-refractivity contribution in [1.29, 1.82) is 0 Å². The number of aromatic nitrogens is 2. The molecular weight excluding hydrogens is 352 g/mol. The summed E-state index contributed by atoms with van der Waals surface area (Å²) in [5.74, 6) is 0.553. The molecule has 0 fully saturated rings. The van der Waals surface area contributed by atoms with E-state index in [2.05, 4.69) is 34.4 Å². The van der Waals surface area contributed by atoms with Gasteiger partial charge in [-0.05, 0) is 54.8 Å². The van der Waals surface area contributed by atoms with Gasteiger partial charge in [-0.2, -0.15) is 0 Å². The Bertz CT molecular complexity index is 963. The van der Waals surface area contributed by atoms with Crippen molar-refractivity contribution in [2.24, 2.45) is 0 Å². The number of nitrogens with zero attached hydrogens (tertiary/aromatic N) is 2. The molecule has 0 saturated heterocycles. The third-order valence-corrected chi connectivity index (χ3v) is 4.30. The first-order valence-electron chi connectivity index (χ1n) is 9.04. The highest BCUT2D eigenvalue weighted by molar-refractivity contribution is 6.03. The molecule has 0 spiro atoms. The number of Topliss-reactive ketones (excluding diaryl/α,β-unsaturated/α-hetero) is 1. The predicted octanol–water partition coefficient (Wildman–Crippen LogP) is 4.80. The summed E-state index contributed by atoms with van der Waals surface area (Å²) >= 11 is 0. The smallest absolute Gasteiger partial charge is 0.258 e. The van der Waals surface area contributed by atoms with Gasteiger partial charge in [0.1, 0.15) is 0 Å². The molecule has 1 heterocycles. The van der Waals surface area contributed by atoms with Crippen LogP contribution in [0.5, 0.6) is 0 Å². The maximum atomic E-state index is 12.4. The Kier molecular flexibility index (Phi) is 5.79. The maximum absolute atomic E-state index is 12.4. The quantitative estimate of drug-likeness (QED) is 0.606. The van der Waals surface area contributed by atoms with Crippen molar-refractivity contribution in [2.45, 2.75) is 26.7 Å². The van der Waals surface area contributed by atoms with Gasteiger partial charge in [0.2, 0.25) is 5.95 Å². The van der Waals surface area contributed by atoms with Crippen LogP contribution in [0, 0.1) is 0 Å². The Hall–Kier alpha value is -3.54. The van der Waals surface area contributed by atoms with Gasteiger partial charge in [-0.3, -0.25) is 9.59 Å². The number of hydrogen-bond donors (Lipinski definition) is 2. The zero-order valence-electron chi connectivity index (χ0n) is 16.1. The number of nitrogens with one attached hydrogen (secondary N) is 2. The molecule has 6 heteroatoms. The van der Waals surface area contributed by atoms with Gasteiger partial charge >= 0.3 is 0 Å². The molecule has 0 unspecified atom stereocenters. The fraction of sp³-hybridized carbons (Fsp3) is 0.182. The molecular formula is C22H22N4O2. The van der Waals surface area contributed by atoms with E-state index in [0.29, 0.717) is 23.0 Å². The molecule has 142 valence electrons.